The van der Waals surface area contributed by atoms with Gasteiger partial charge in [-0.3, -0.25) is 4.98 Å². The molecule has 0 unspecified atom stereocenters. The first-order valence-electron chi connectivity index (χ1n) is 5.28. The molecule has 3 nitrogen and oxygen atoms in total. The van der Waals surface area contributed by atoms with Gasteiger partial charge in [0.15, 0.2) is 0 Å². The molecule has 0 saturated carbocycles. The van der Waals surface area contributed by atoms with Crippen molar-refractivity contribution in [3.8, 4) is 11.1 Å². The summed E-state index contributed by atoms with van der Waals surface area (Å²) in [5.74, 6) is 0. The minimum atomic E-state index is -0.128. The van der Waals surface area contributed by atoms with Crippen molar-refractivity contribution >= 4 is 0 Å². The minimum absolute atomic E-state index is 0.128. The lowest BCUT2D eigenvalue weighted by atomic mass is 9.96. The molecule has 3 heteroatoms. The van der Waals surface area contributed by atoms with Gasteiger partial charge in [0, 0.05) is 30.5 Å². The molecular formula is C13H15N3. The lowest BCUT2D eigenvalue weighted by Crippen LogP contribution is -2.21. The average molecular weight is 213 g/mol. The summed E-state index contributed by atoms with van der Waals surface area (Å²) >= 11 is 0. The molecule has 0 aliphatic heterocycles. The third-order valence-corrected chi connectivity index (χ3v) is 2.59. The van der Waals surface area contributed by atoms with Crippen LogP contribution in [0.4, 0.5) is 0 Å². The fourth-order valence-electron chi connectivity index (χ4n) is 1.73. The molecule has 1 aromatic carbocycles. The molecule has 82 valence electrons. The summed E-state index contributed by atoms with van der Waals surface area (Å²) in [5.41, 5.74) is 14.8. The third kappa shape index (κ3) is 2.10. The fourth-order valence-corrected chi connectivity index (χ4v) is 1.73. The summed E-state index contributed by atoms with van der Waals surface area (Å²) in [6, 6.07) is 11.8. The molecular weight excluding hydrogens is 198 g/mol. The van der Waals surface area contributed by atoms with Crippen LogP contribution in [0.25, 0.3) is 11.1 Å². The number of hydrogen-bond donors (Lipinski definition) is 2. The van der Waals surface area contributed by atoms with E-state index in [0.29, 0.717) is 6.54 Å². The molecule has 0 aliphatic rings. The van der Waals surface area contributed by atoms with Crippen molar-refractivity contribution in [1.82, 2.24) is 4.98 Å². The molecule has 1 heterocycles. The summed E-state index contributed by atoms with van der Waals surface area (Å²) < 4.78 is 0. The van der Waals surface area contributed by atoms with Crippen LogP contribution in [-0.4, -0.2) is 11.5 Å². The number of nitrogens with two attached hydrogens (primary N) is 2. The van der Waals surface area contributed by atoms with E-state index in [1.807, 2.05) is 42.6 Å². The van der Waals surface area contributed by atoms with E-state index >= 15 is 0 Å². The van der Waals surface area contributed by atoms with Crippen LogP contribution in [-0.2, 0) is 0 Å². The van der Waals surface area contributed by atoms with Crippen LogP contribution in [0, 0.1) is 0 Å². The smallest absolute Gasteiger partial charge is 0.0425 e. The highest BCUT2D eigenvalue weighted by Crippen LogP contribution is 2.25. The van der Waals surface area contributed by atoms with E-state index < -0.39 is 0 Å². The Bertz CT molecular complexity index is 454. The van der Waals surface area contributed by atoms with E-state index in [2.05, 4.69) is 4.98 Å². The molecule has 2 rings (SSSR count). The Balaban J connectivity index is 2.49. The summed E-state index contributed by atoms with van der Waals surface area (Å²) in [7, 11) is 0. The van der Waals surface area contributed by atoms with Crippen molar-refractivity contribution in [3.63, 3.8) is 0 Å². The van der Waals surface area contributed by atoms with Gasteiger partial charge in [0.1, 0.15) is 0 Å². The first kappa shape index (κ1) is 10.8. The zero-order valence-corrected chi connectivity index (χ0v) is 9.01. The van der Waals surface area contributed by atoms with Crippen LogP contribution in [0.5, 0.6) is 0 Å². The van der Waals surface area contributed by atoms with Crippen LogP contribution in [0.3, 0.4) is 0 Å². The van der Waals surface area contributed by atoms with Gasteiger partial charge in [-0.2, -0.15) is 0 Å². The van der Waals surface area contributed by atoms with Gasteiger partial charge in [-0.15, -0.1) is 0 Å². The Hall–Kier alpha value is -1.71. The molecule has 2 aromatic rings. The van der Waals surface area contributed by atoms with Crippen LogP contribution >= 0.6 is 0 Å². The quantitative estimate of drug-likeness (QED) is 0.815. The number of benzene rings is 1. The van der Waals surface area contributed by atoms with E-state index in [4.69, 9.17) is 11.5 Å². The Morgan fingerprint density at radius 2 is 1.94 bits per heavy atom. The topological polar surface area (TPSA) is 64.9 Å². The largest absolute Gasteiger partial charge is 0.329 e. The van der Waals surface area contributed by atoms with E-state index in [-0.39, 0.29) is 6.04 Å². The van der Waals surface area contributed by atoms with Gasteiger partial charge in [0.05, 0.1) is 0 Å². The molecule has 0 fully saturated rings. The van der Waals surface area contributed by atoms with Gasteiger partial charge in [-0.1, -0.05) is 30.3 Å². The number of aromatic nitrogens is 1. The number of hydrogen-bond acceptors (Lipinski definition) is 3. The van der Waals surface area contributed by atoms with Crippen molar-refractivity contribution < 1.29 is 0 Å². The normalized spacial score (nSPS) is 12.4. The lowest BCUT2D eigenvalue weighted by Gasteiger charge is -2.14. The Morgan fingerprint density at radius 3 is 2.62 bits per heavy atom. The lowest BCUT2D eigenvalue weighted by molar-refractivity contribution is 0.739. The second kappa shape index (κ2) is 4.88. The average Bonchev–Trinajstić information content (AvgIpc) is 2.39. The Kier molecular flexibility index (Phi) is 3.29. The predicted octanol–water partition coefficient (Wildman–Crippen LogP) is 1.71. The standard InChI is InChI=1S/C13H15N3/c14-8-13(15)12-6-2-1-5-11(12)10-4-3-7-16-9-10/h1-7,9,13H,8,14-15H2/t13-/m0/s1. The fraction of sp³-hybridized carbons (Fsp3) is 0.154. The second-order valence-electron chi connectivity index (χ2n) is 3.67. The Morgan fingerprint density at radius 1 is 1.12 bits per heavy atom. The molecule has 0 spiro atoms. The van der Waals surface area contributed by atoms with Gasteiger partial charge >= 0.3 is 0 Å². The second-order valence-corrected chi connectivity index (χ2v) is 3.67. The van der Waals surface area contributed by atoms with E-state index in [0.717, 1.165) is 16.7 Å². The van der Waals surface area contributed by atoms with Crippen molar-refractivity contribution in [3.05, 3.63) is 54.4 Å². The number of nitrogens with zero attached hydrogens (tertiary/aromatic N) is 1. The molecule has 0 saturated heterocycles. The maximum atomic E-state index is 5.99. The summed E-state index contributed by atoms with van der Waals surface area (Å²) in [5, 5.41) is 0. The van der Waals surface area contributed by atoms with Crippen LogP contribution < -0.4 is 11.5 Å². The van der Waals surface area contributed by atoms with Gasteiger partial charge in [-0.05, 0) is 17.2 Å². The van der Waals surface area contributed by atoms with Gasteiger partial charge < -0.3 is 11.5 Å². The monoisotopic (exact) mass is 213 g/mol. The van der Waals surface area contributed by atoms with Gasteiger partial charge in [-0.25, -0.2) is 0 Å². The molecule has 1 atom stereocenters. The highest BCUT2D eigenvalue weighted by molar-refractivity contribution is 5.67. The van der Waals surface area contributed by atoms with E-state index in [9.17, 15) is 0 Å². The van der Waals surface area contributed by atoms with E-state index in [1.165, 1.54) is 0 Å². The van der Waals surface area contributed by atoms with Crippen molar-refractivity contribution in [1.29, 1.82) is 0 Å². The maximum Gasteiger partial charge on any atom is 0.0425 e. The van der Waals surface area contributed by atoms with Crippen LogP contribution in [0.1, 0.15) is 11.6 Å². The highest BCUT2D eigenvalue weighted by atomic mass is 14.7. The molecule has 0 amide bonds. The molecule has 1 aromatic heterocycles. The van der Waals surface area contributed by atoms with Gasteiger partial charge in [0.2, 0.25) is 0 Å². The van der Waals surface area contributed by atoms with Crippen LogP contribution in [0.15, 0.2) is 48.8 Å². The zero-order chi connectivity index (χ0) is 11.4. The maximum absolute atomic E-state index is 5.99. The van der Waals surface area contributed by atoms with Gasteiger partial charge in [0.25, 0.3) is 0 Å². The molecule has 4 N–H and O–H groups in total. The zero-order valence-electron chi connectivity index (χ0n) is 9.01. The highest BCUT2D eigenvalue weighted by Gasteiger charge is 2.09. The van der Waals surface area contributed by atoms with Crippen molar-refractivity contribution in [2.24, 2.45) is 11.5 Å². The SMILES string of the molecule is NC[C@H](N)c1ccccc1-c1cccnc1. The van der Waals surface area contributed by atoms with Crippen LogP contribution in [0.2, 0.25) is 0 Å². The molecule has 16 heavy (non-hydrogen) atoms. The third-order valence-electron chi connectivity index (χ3n) is 2.59. The summed E-state index contributed by atoms with van der Waals surface area (Å²) in [6.45, 7) is 0.442. The molecule has 0 radical (unpaired) electrons. The summed E-state index contributed by atoms with van der Waals surface area (Å²) in [6.07, 6.45) is 3.59. The molecule has 0 aliphatic carbocycles. The first-order valence-corrected chi connectivity index (χ1v) is 5.28. The predicted molar refractivity (Wildman–Crippen MR) is 65.7 cm³/mol. The van der Waals surface area contributed by atoms with Crippen molar-refractivity contribution in [2.75, 3.05) is 6.54 Å². The van der Waals surface area contributed by atoms with E-state index in [1.54, 1.807) is 6.20 Å². The number of pyridine rings is 1. The number of rotatable bonds is 3. The summed E-state index contributed by atoms with van der Waals surface area (Å²) in [4.78, 5) is 4.12. The first-order chi connectivity index (χ1) is 7.83. The minimum Gasteiger partial charge on any atom is -0.329 e. The molecule has 0 bridgehead atoms. The Labute approximate surface area is 95.1 Å². The van der Waals surface area contributed by atoms with Crippen molar-refractivity contribution in [2.45, 2.75) is 6.04 Å².